The molecule has 2 aliphatic rings. The predicted molar refractivity (Wildman–Crippen MR) is 189 cm³/mol. The van der Waals surface area contributed by atoms with Crippen molar-refractivity contribution in [1.82, 2.24) is 20.2 Å². The van der Waals surface area contributed by atoms with E-state index in [1.165, 1.54) is 0 Å². The van der Waals surface area contributed by atoms with Crippen LogP contribution in [0.3, 0.4) is 0 Å². The van der Waals surface area contributed by atoms with E-state index in [0.717, 1.165) is 16.5 Å². The zero-order valence-electron chi connectivity index (χ0n) is 29.4. The molecule has 1 aromatic carbocycles. The van der Waals surface area contributed by atoms with Gasteiger partial charge >= 0.3 is 0 Å². The summed E-state index contributed by atoms with van der Waals surface area (Å²) in [5, 5.41) is 19.4. The van der Waals surface area contributed by atoms with Crippen molar-refractivity contribution in [3.8, 4) is 17.1 Å². The number of hydrogen-bond acceptors (Lipinski definition) is 11. The maximum atomic E-state index is 14.0. The van der Waals surface area contributed by atoms with Gasteiger partial charge in [0.25, 0.3) is 5.56 Å². The van der Waals surface area contributed by atoms with Crippen LogP contribution >= 0.6 is 0 Å². The molecule has 3 aromatic rings. The number of amides is 2. The molecule has 3 N–H and O–H groups in total. The number of ether oxygens (including phenoxy) is 3. The summed E-state index contributed by atoms with van der Waals surface area (Å²) in [5.41, 5.74) is 11.6. The largest absolute Gasteiger partial charge is 0.508 e. The highest BCUT2D eigenvalue weighted by molar-refractivity contribution is 5.99. The fraction of sp³-hybridized carbons (Fsp3) is 0.500. The fourth-order valence-corrected chi connectivity index (χ4v) is 7.02. The van der Waals surface area contributed by atoms with Crippen LogP contribution in [0, 0.1) is 0 Å². The molecule has 52 heavy (non-hydrogen) atoms. The van der Waals surface area contributed by atoms with Gasteiger partial charge < -0.3 is 34.5 Å². The zero-order chi connectivity index (χ0) is 37.3. The lowest BCUT2D eigenvalue weighted by atomic mass is 9.65. The molecule has 1 aliphatic carbocycles. The quantitative estimate of drug-likeness (QED) is 0.0556. The third-order valence-electron chi connectivity index (χ3n) is 9.54. The highest BCUT2D eigenvalue weighted by Gasteiger charge is 2.46. The summed E-state index contributed by atoms with van der Waals surface area (Å²) in [6, 6.07) is 6.85. The molecule has 16 heteroatoms. The summed E-state index contributed by atoms with van der Waals surface area (Å²) in [4.78, 5) is 72.9. The van der Waals surface area contributed by atoms with Gasteiger partial charge in [0.2, 0.25) is 11.8 Å². The maximum absolute atomic E-state index is 14.0. The van der Waals surface area contributed by atoms with Crippen LogP contribution in [0.15, 0.2) is 34.2 Å². The number of rotatable bonds is 19. The van der Waals surface area contributed by atoms with E-state index in [9.17, 15) is 29.1 Å². The summed E-state index contributed by atoms with van der Waals surface area (Å²) in [6.45, 7) is 4.62. The van der Waals surface area contributed by atoms with Crippen molar-refractivity contribution in [2.24, 2.45) is 5.11 Å². The van der Waals surface area contributed by atoms with Crippen LogP contribution in [0.2, 0.25) is 0 Å². The lowest BCUT2D eigenvalue weighted by Gasteiger charge is -2.37. The van der Waals surface area contributed by atoms with Crippen LogP contribution in [0.5, 0.6) is 5.75 Å². The van der Waals surface area contributed by atoms with E-state index in [4.69, 9.17) is 24.7 Å². The first kappa shape index (κ1) is 38.1. The lowest BCUT2D eigenvalue weighted by Crippen LogP contribution is -2.46. The van der Waals surface area contributed by atoms with Crippen molar-refractivity contribution in [2.45, 2.75) is 57.9 Å². The normalized spacial score (nSPS) is 15.8. The topological polar surface area (TPSA) is 224 Å². The van der Waals surface area contributed by atoms with E-state index in [1.54, 1.807) is 22.8 Å². The lowest BCUT2D eigenvalue weighted by molar-refractivity contribution is -0.133. The van der Waals surface area contributed by atoms with Crippen LogP contribution in [0.1, 0.15) is 55.4 Å². The first-order valence-electron chi connectivity index (χ1n) is 17.4. The highest BCUT2D eigenvalue weighted by atomic mass is 16.5. The average Bonchev–Trinajstić information content (AvgIpc) is 3.50. The second-order valence-electron chi connectivity index (χ2n) is 12.7. The first-order valence-corrected chi connectivity index (χ1v) is 17.4. The van der Waals surface area contributed by atoms with Gasteiger partial charge in [0.05, 0.1) is 61.8 Å². The van der Waals surface area contributed by atoms with Crippen molar-refractivity contribution in [1.29, 1.82) is 0 Å². The zero-order valence-corrected chi connectivity index (χ0v) is 29.4. The number of aryl methyl sites for hydroxylation is 1. The van der Waals surface area contributed by atoms with Gasteiger partial charge in [-0.2, -0.15) is 0 Å². The third-order valence-corrected chi connectivity index (χ3v) is 9.54. The Morgan fingerprint density at radius 1 is 1.00 bits per heavy atom. The molecule has 0 saturated carbocycles. The molecule has 16 nitrogen and oxygen atoms in total. The van der Waals surface area contributed by atoms with Crippen molar-refractivity contribution < 1.29 is 38.5 Å². The minimum Gasteiger partial charge on any atom is -0.508 e. The van der Waals surface area contributed by atoms with Gasteiger partial charge in [0, 0.05) is 47.4 Å². The van der Waals surface area contributed by atoms with Crippen molar-refractivity contribution in [3.63, 3.8) is 0 Å². The Morgan fingerprint density at radius 3 is 2.48 bits per heavy atom. The molecule has 276 valence electrons. The van der Waals surface area contributed by atoms with Crippen LogP contribution in [-0.2, 0) is 58.2 Å². The number of azide groups is 1. The summed E-state index contributed by atoms with van der Waals surface area (Å²) >= 11 is 0. The van der Waals surface area contributed by atoms with Gasteiger partial charge in [-0.3, -0.25) is 24.0 Å². The number of phenols is 1. The molecule has 2 amide bonds. The molecule has 0 unspecified atom stereocenters. The second kappa shape index (κ2) is 17.4. The fourth-order valence-electron chi connectivity index (χ4n) is 7.02. The van der Waals surface area contributed by atoms with Gasteiger partial charge in [-0.25, -0.2) is 4.98 Å². The molecule has 3 heterocycles. The number of hydrogen-bond donors (Lipinski definition) is 3. The molecule has 2 aromatic heterocycles. The third kappa shape index (κ3) is 8.31. The number of pyridine rings is 2. The number of nitrogens with one attached hydrogen (secondary N) is 2. The minimum atomic E-state index is -1.23. The highest BCUT2D eigenvalue weighted by Crippen LogP contribution is 2.43. The van der Waals surface area contributed by atoms with Gasteiger partial charge in [0.1, 0.15) is 24.7 Å². The molecule has 0 bridgehead atoms. The van der Waals surface area contributed by atoms with E-state index in [2.05, 4.69) is 20.7 Å². The molecule has 0 spiro atoms. The van der Waals surface area contributed by atoms with E-state index >= 15 is 0 Å². The second-order valence-corrected chi connectivity index (χ2v) is 12.7. The number of nitrogens with zero attached hydrogens (tertiary/aromatic N) is 5. The first-order chi connectivity index (χ1) is 25.1. The Morgan fingerprint density at radius 2 is 1.75 bits per heavy atom. The van der Waals surface area contributed by atoms with Gasteiger partial charge in [0.15, 0.2) is 5.78 Å². The molecule has 5 rings (SSSR count). The van der Waals surface area contributed by atoms with Gasteiger partial charge in [-0.15, -0.1) is 0 Å². The number of carbonyl (C=O) groups is 4. The number of carbonyl (C=O) groups excluding carboxylic acids is 4. The molecule has 0 saturated heterocycles. The van der Waals surface area contributed by atoms with E-state index in [1.807, 2.05) is 19.9 Å². The number of Topliss-reactive ketones (excluding diaryl/α,β-unsaturated/α-hetero) is 2. The van der Waals surface area contributed by atoms with E-state index < -0.39 is 23.8 Å². The molecular formula is C36H43N7O9. The Hall–Kier alpha value is -5.15. The Balaban J connectivity index is 1.16. The summed E-state index contributed by atoms with van der Waals surface area (Å²) in [5.74, 6) is -1.42. The number of fused-ring (bicyclic) bond motifs is 5. The Bertz CT molecular complexity index is 1970. The predicted octanol–water partition coefficient (Wildman–Crippen LogP) is 2.41. The summed E-state index contributed by atoms with van der Waals surface area (Å²) in [6.07, 6.45) is 1.16. The monoisotopic (exact) mass is 717 g/mol. The van der Waals surface area contributed by atoms with Crippen molar-refractivity contribution >= 4 is 34.3 Å². The number of ketones is 2. The molecule has 1 aliphatic heterocycles. The Kier molecular flexibility index (Phi) is 12.7. The van der Waals surface area contributed by atoms with Crippen LogP contribution in [0.4, 0.5) is 0 Å². The van der Waals surface area contributed by atoms with E-state index in [-0.39, 0.29) is 81.4 Å². The molecular weight excluding hydrogens is 674 g/mol. The number of aromatic nitrogens is 2. The van der Waals surface area contributed by atoms with Crippen LogP contribution in [0.25, 0.3) is 32.7 Å². The number of aromatic hydroxyl groups is 1. The van der Waals surface area contributed by atoms with Gasteiger partial charge in [-0.1, -0.05) is 19.0 Å². The maximum Gasteiger partial charge on any atom is 0.254 e. The van der Waals surface area contributed by atoms with Crippen molar-refractivity contribution in [3.05, 3.63) is 67.3 Å². The Labute approximate surface area is 299 Å². The molecule has 0 fully saturated rings. The smallest absolute Gasteiger partial charge is 0.254 e. The van der Waals surface area contributed by atoms with E-state index in [0.29, 0.717) is 60.8 Å². The average molecular weight is 718 g/mol. The number of phenolic OH excluding ortho intramolecular Hbond substituents is 1. The molecule has 1 atom stereocenters. The summed E-state index contributed by atoms with van der Waals surface area (Å²) < 4.78 is 17.4. The van der Waals surface area contributed by atoms with Gasteiger partial charge in [-0.05, 0) is 60.2 Å². The van der Waals surface area contributed by atoms with Crippen LogP contribution < -0.4 is 16.2 Å². The summed E-state index contributed by atoms with van der Waals surface area (Å²) in [7, 11) is 0. The van der Waals surface area contributed by atoms with Crippen LogP contribution in [-0.4, -0.2) is 97.3 Å². The standard InChI is InChI=1S/C36H43N7O9/c1-3-24-26-15-22(44)5-7-29(26)41-34-27(24)19-43-30(34)16-28-25(35(43)49)6-8-31(46)36(28,4-2)17-23(45)18-39-33(48)21-52-20-32(47)38-9-11-50-13-14-51-12-10-40-42-37/h5,7,15-16,44H,3-4,6,8-14,17-21H2,1-2H3,(H,38,47)(H,39,48)/t36-/m0/s1. The number of benzene rings is 1. The SMILES string of the molecule is CCc1c2c(nc3ccc(O)cc13)-c1cc3c(c(=O)n1C2)CCC(=O)[C@@]3(CC)CC(=O)CNC(=O)COCC(=O)NCCOCCOCCN=[N+]=[N-]. The molecule has 0 radical (unpaired) electrons. The minimum absolute atomic E-state index is 0.125. The van der Waals surface area contributed by atoms with Crippen molar-refractivity contribution in [2.75, 3.05) is 59.3 Å².